The molecule has 2 fully saturated rings. The van der Waals surface area contributed by atoms with Crippen molar-refractivity contribution in [2.24, 2.45) is 5.92 Å². The summed E-state index contributed by atoms with van der Waals surface area (Å²) in [4.78, 5) is 14.1. The Balaban J connectivity index is 1.64. The second kappa shape index (κ2) is 6.36. The number of amides is 1. The second-order valence-corrected chi connectivity index (χ2v) is 5.53. The van der Waals surface area contributed by atoms with Crippen LogP contribution in [0.15, 0.2) is 0 Å². The van der Waals surface area contributed by atoms with Gasteiger partial charge in [-0.3, -0.25) is 9.69 Å². The van der Waals surface area contributed by atoms with Crippen molar-refractivity contribution in [2.75, 3.05) is 32.7 Å². The molecule has 1 aliphatic heterocycles. The van der Waals surface area contributed by atoms with E-state index in [9.17, 15) is 4.79 Å². The van der Waals surface area contributed by atoms with Gasteiger partial charge in [-0.2, -0.15) is 0 Å². The molecular formula is C13H25N3O. The van der Waals surface area contributed by atoms with Gasteiger partial charge in [-0.05, 0) is 38.8 Å². The lowest BCUT2D eigenvalue weighted by Crippen LogP contribution is -2.42. The fourth-order valence-corrected chi connectivity index (χ4v) is 2.50. The molecule has 1 saturated heterocycles. The average molecular weight is 239 g/mol. The van der Waals surface area contributed by atoms with E-state index in [1.807, 2.05) is 0 Å². The van der Waals surface area contributed by atoms with E-state index in [1.165, 1.54) is 12.8 Å². The van der Waals surface area contributed by atoms with Gasteiger partial charge < -0.3 is 10.6 Å². The van der Waals surface area contributed by atoms with Gasteiger partial charge in [-0.1, -0.05) is 12.8 Å². The Morgan fingerprint density at radius 2 is 2.24 bits per heavy atom. The van der Waals surface area contributed by atoms with Gasteiger partial charge in [0.1, 0.15) is 0 Å². The molecule has 2 N–H and O–H groups in total. The van der Waals surface area contributed by atoms with Crippen LogP contribution in [-0.2, 0) is 4.79 Å². The molecule has 0 aromatic rings. The van der Waals surface area contributed by atoms with Crippen molar-refractivity contribution >= 4 is 5.91 Å². The van der Waals surface area contributed by atoms with E-state index in [-0.39, 0.29) is 5.91 Å². The first-order chi connectivity index (χ1) is 8.24. The molecule has 17 heavy (non-hydrogen) atoms. The average Bonchev–Trinajstić information content (AvgIpc) is 3.05. The highest BCUT2D eigenvalue weighted by atomic mass is 16.2. The predicted molar refractivity (Wildman–Crippen MR) is 68.9 cm³/mol. The SMILES string of the molecule is CC(CC1CC1)NC(=O)CN1CCCNCC1. The molecule has 1 atom stereocenters. The maximum Gasteiger partial charge on any atom is 0.234 e. The van der Waals surface area contributed by atoms with Crippen LogP contribution in [0.25, 0.3) is 0 Å². The first-order valence-corrected chi connectivity index (χ1v) is 6.96. The molecule has 1 saturated carbocycles. The molecule has 0 bridgehead atoms. The molecule has 4 heteroatoms. The molecule has 1 aliphatic carbocycles. The maximum atomic E-state index is 11.9. The number of carbonyl (C=O) groups is 1. The molecule has 2 aliphatic rings. The van der Waals surface area contributed by atoms with E-state index in [2.05, 4.69) is 22.5 Å². The monoisotopic (exact) mass is 239 g/mol. The Morgan fingerprint density at radius 1 is 1.41 bits per heavy atom. The zero-order chi connectivity index (χ0) is 12.1. The third-order valence-electron chi connectivity index (χ3n) is 3.59. The van der Waals surface area contributed by atoms with Crippen LogP contribution in [0.1, 0.15) is 32.6 Å². The Bertz CT molecular complexity index is 245. The zero-order valence-corrected chi connectivity index (χ0v) is 10.9. The molecule has 4 nitrogen and oxygen atoms in total. The summed E-state index contributed by atoms with van der Waals surface area (Å²) >= 11 is 0. The number of hydrogen-bond donors (Lipinski definition) is 2. The largest absolute Gasteiger partial charge is 0.353 e. The summed E-state index contributed by atoms with van der Waals surface area (Å²) in [7, 11) is 0. The number of nitrogens with zero attached hydrogens (tertiary/aromatic N) is 1. The van der Waals surface area contributed by atoms with E-state index in [0.717, 1.165) is 44.9 Å². The molecular weight excluding hydrogens is 214 g/mol. The molecule has 1 heterocycles. The van der Waals surface area contributed by atoms with Crippen LogP contribution in [-0.4, -0.2) is 49.6 Å². The predicted octanol–water partition coefficient (Wildman–Crippen LogP) is 0.587. The van der Waals surface area contributed by atoms with E-state index < -0.39 is 0 Å². The number of nitrogens with one attached hydrogen (secondary N) is 2. The molecule has 1 amide bonds. The standard InChI is InChI=1S/C13H25N3O/c1-11(9-12-3-4-12)15-13(17)10-16-7-2-5-14-6-8-16/h11-12,14H,2-10H2,1H3,(H,15,17). The Kier molecular flexibility index (Phi) is 4.80. The molecule has 2 rings (SSSR count). The van der Waals surface area contributed by atoms with E-state index in [4.69, 9.17) is 0 Å². The smallest absolute Gasteiger partial charge is 0.234 e. The summed E-state index contributed by atoms with van der Waals surface area (Å²) in [5.74, 6) is 1.08. The van der Waals surface area contributed by atoms with Crippen LogP contribution in [0.3, 0.4) is 0 Å². The number of rotatable bonds is 5. The van der Waals surface area contributed by atoms with E-state index >= 15 is 0 Å². The number of carbonyl (C=O) groups excluding carboxylic acids is 1. The molecule has 0 aromatic carbocycles. The van der Waals surface area contributed by atoms with Gasteiger partial charge in [-0.25, -0.2) is 0 Å². The van der Waals surface area contributed by atoms with Gasteiger partial charge >= 0.3 is 0 Å². The lowest BCUT2D eigenvalue weighted by molar-refractivity contribution is -0.122. The van der Waals surface area contributed by atoms with Crippen molar-refractivity contribution in [3.8, 4) is 0 Å². The summed E-state index contributed by atoms with van der Waals surface area (Å²) in [5.41, 5.74) is 0. The van der Waals surface area contributed by atoms with Crippen molar-refractivity contribution in [1.82, 2.24) is 15.5 Å². The minimum absolute atomic E-state index is 0.194. The maximum absolute atomic E-state index is 11.9. The Morgan fingerprint density at radius 3 is 3.00 bits per heavy atom. The molecule has 98 valence electrons. The first-order valence-electron chi connectivity index (χ1n) is 6.96. The van der Waals surface area contributed by atoms with E-state index in [0.29, 0.717) is 12.6 Å². The van der Waals surface area contributed by atoms with Gasteiger partial charge in [0.15, 0.2) is 0 Å². The van der Waals surface area contributed by atoms with Gasteiger partial charge in [0.05, 0.1) is 6.54 Å². The third kappa shape index (κ3) is 5.04. The highest BCUT2D eigenvalue weighted by molar-refractivity contribution is 5.78. The van der Waals surface area contributed by atoms with Gasteiger partial charge in [0, 0.05) is 19.1 Å². The lowest BCUT2D eigenvalue weighted by atomic mass is 10.1. The van der Waals surface area contributed by atoms with Crippen molar-refractivity contribution in [2.45, 2.75) is 38.6 Å². The quantitative estimate of drug-likeness (QED) is 0.738. The summed E-state index contributed by atoms with van der Waals surface area (Å²) in [6.07, 6.45) is 5.02. The summed E-state index contributed by atoms with van der Waals surface area (Å²) in [6, 6.07) is 0.347. The van der Waals surface area contributed by atoms with Gasteiger partial charge in [0.2, 0.25) is 5.91 Å². The highest BCUT2D eigenvalue weighted by Gasteiger charge is 2.24. The van der Waals surface area contributed by atoms with Crippen LogP contribution in [0, 0.1) is 5.92 Å². The fourth-order valence-electron chi connectivity index (χ4n) is 2.50. The van der Waals surface area contributed by atoms with Crippen molar-refractivity contribution in [1.29, 1.82) is 0 Å². The van der Waals surface area contributed by atoms with Crippen LogP contribution >= 0.6 is 0 Å². The molecule has 1 unspecified atom stereocenters. The topological polar surface area (TPSA) is 44.4 Å². The van der Waals surface area contributed by atoms with Gasteiger partial charge in [-0.15, -0.1) is 0 Å². The highest BCUT2D eigenvalue weighted by Crippen LogP contribution is 2.33. The minimum atomic E-state index is 0.194. The molecule has 0 radical (unpaired) electrons. The van der Waals surface area contributed by atoms with Crippen LogP contribution in [0.2, 0.25) is 0 Å². The second-order valence-electron chi connectivity index (χ2n) is 5.53. The number of hydrogen-bond acceptors (Lipinski definition) is 3. The summed E-state index contributed by atoms with van der Waals surface area (Å²) in [5, 5.41) is 6.47. The van der Waals surface area contributed by atoms with Crippen molar-refractivity contribution in [3.05, 3.63) is 0 Å². The Hall–Kier alpha value is -0.610. The molecule has 0 spiro atoms. The fraction of sp³-hybridized carbons (Fsp3) is 0.923. The first kappa shape index (κ1) is 12.8. The van der Waals surface area contributed by atoms with Crippen molar-refractivity contribution < 1.29 is 4.79 Å². The lowest BCUT2D eigenvalue weighted by Gasteiger charge is -2.20. The third-order valence-corrected chi connectivity index (χ3v) is 3.59. The van der Waals surface area contributed by atoms with Crippen molar-refractivity contribution in [3.63, 3.8) is 0 Å². The minimum Gasteiger partial charge on any atom is -0.353 e. The summed E-state index contributed by atoms with van der Waals surface area (Å²) < 4.78 is 0. The van der Waals surface area contributed by atoms with Crippen LogP contribution < -0.4 is 10.6 Å². The normalized spacial score (nSPS) is 24.1. The Labute approximate surface area is 104 Å². The van der Waals surface area contributed by atoms with Crippen LogP contribution in [0.4, 0.5) is 0 Å². The summed E-state index contributed by atoms with van der Waals surface area (Å²) in [6.45, 7) is 6.81. The zero-order valence-electron chi connectivity index (χ0n) is 10.9. The molecule has 0 aromatic heterocycles. The van der Waals surface area contributed by atoms with Gasteiger partial charge in [0.25, 0.3) is 0 Å². The van der Waals surface area contributed by atoms with Crippen LogP contribution in [0.5, 0.6) is 0 Å². The van der Waals surface area contributed by atoms with E-state index in [1.54, 1.807) is 0 Å².